The molecule has 2 rings (SSSR count). The number of hydrogen-bond acceptors (Lipinski definition) is 1. The van der Waals surface area contributed by atoms with E-state index in [1.165, 1.54) is 57.8 Å². The van der Waals surface area contributed by atoms with Crippen LogP contribution >= 0.6 is 15.9 Å². The molecule has 18 heavy (non-hydrogen) atoms. The second-order valence-corrected chi connectivity index (χ2v) is 7.26. The SMILES string of the molecule is CN(C(=O)CC1CCCCC1)C1CCCCC1Br. The van der Waals surface area contributed by atoms with Crippen molar-refractivity contribution >= 4 is 21.8 Å². The molecule has 0 aromatic rings. The second kappa shape index (κ2) is 6.93. The first kappa shape index (κ1) is 14.4. The number of rotatable bonds is 3. The third kappa shape index (κ3) is 3.72. The van der Waals surface area contributed by atoms with Crippen molar-refractivity contribution < 1.29 is 4.79 Å². The van der Waals surface area contributed by atoms with Crippen LogP contribution in [0.5, 0.6) is 0 Å². The Hall–Kier alpha value is -0.0500. The van der Waals surface area contributed by atoms with Crippen LogP contribution in [0.3, 0.4) is 0 Å². The molecule has 0 aliphatic heterocycles. The van der Waals surface area contributed by atoms with Gasteiger partial charge in [0.2, 0.25) is 5.91 Å². The van der Waals surface area contributed by atoms with Crippen molar-refractivity contribution in [2.45, 2.75) is 75.1 Å². The predicted molar refractivity (Wildman–Crippen MR) is 78.9 cm³/mol. The van der Waals surface area contributed by atoms with Gasteiger partial charge in [-0.2, -0.15) is 0 Å². The fraction of sp³-hybridized carbons (Fsp3) is 0.933. The Kier molecular flexibility index (Phi) is 5.53. The quantitative estimate of drug-likeness (QED) is 0.717. The average Bonchev–Trinajstić information content (AvgIpc) is 2.39. The highest BCUT2D eigenvalue weighted by Gasteiger charge is 2.30. The first-order valence-electron chi connectivity index (χ1n) is 7.58. The minimum absolute atomic E-state index is 0.373. The average molecular weight is 316 g/mol. The standard InChI is InChI=1S/C15H26BrNO/c1-17(14-10-6-5-9-13(14)16)15(18)11-12-7-3-2-4-8-12/h12-14H,2-11H2,1H3. The number of carbonyl (C=O) groups excluding carboxylic acids is 1. The van der Waals surface area contributed by atoms with Gasteiger partial charge in [0.05, 0.1) is 0 Å². The zero-order valence-corrected chi connectivity index (χ0v) is 13.1. The summed E-state index contributed by atoms with van der Waals surface area (Å²) in [6.07, 6.45) is 12.3. The molecule has 0 aromatic carbocycles. The summed E-state index contributed by atoms with van der Waals surface area (Å²) in [5, 5.41) is 0. The van der Waals surface area contributed by atoms with Crippen LogP contribution < -0.4 is 0 Å². The Morgan fingerprint density at radius 3 is 2.33 bits per heavy atom. The van der Waals surface area contributed by atoms with E-state index in [0.29, 0.717) is 22.7 Å². The zero-order valence-electron chi connectivity index (χ0n) is 11.5. The van der Waals surface area contributed by atoms with E-state index < -0.39 is 0 Å². The molecule has 0 saturated heterocycles. The van der Waals surface area contributed by atoms with Crippen molar-refractivity contribution in [3.63, 3.8) is 0 Å². The number of amides is 1. The largest absolute Gasteiger partial charge is 0.342 e. The van der Waals surface area contributed by atoms with Gasteiger partial charge < -0.3 is 4.90 Å². The van der Waals surface area contributed by atoms with Crippen LogP contribution in [0.1, 0.15) is 64.2 Å². The number of hydrogen-bond donors (Lipinski definition) is 0. The second-order valence-electron chi connectivity index (χ2n) is 6.08. The Morgan fingerprint density at radius 2 is 1.67 bits per heavy atom. The summed E-state index contributed by atoms with van der Waals surface area (Å²) in [6, 6.07) is 0.426. The van der Waals surface area contributed by atoms with Gasteiger partial charge in [0.25, 0.3) is 0 Å². The normalized spacial score (nSPS) is 30.1. The van der Waals surface area contributed by atoms with Crippen LogP contribution in [-0.4, -0.2) is 28.7 Å². The highest BCUT2D eigenvalue weighted by Crippen LogP contribution is 2.30. The molecular formula is C15H26BrNO. The molecule has 104 valence electrons. The first-order chi connectivity index (χ1) is 8.68. The van der Waals surface area contributed by atoms with Gasteiger partial charge in [-0.25, -0.2) is 0 Å². The van der Waals surface area contributed by atoms with E-state index in [2.05, 4.69) is 15.9 Å². The van der Waals surface area contributed by atoms with E-state index in [4.69, 9.17) is 0 Å². The lowest BCUT2D eigenvalue weighted by molar-refractivity contribution is -0.133. The molecule has 3 heteroatoms. The molecule has 0 heterocycles. The fourth-order valence-electron chi connectivity index (χ4n) is 3.47. The monoisotopic (exact) mass is 315 g/mol. The highest BCUT2D eigenvalue weighted by molar-refractivity contribution is 9.09. The van der Waals surface area contributed by atoms with E-state index in [1.807, 2.05) is 11.9 Å². The van der Waals surface area contributed by atoms with Gasteiger partial charge in [0, 0.05) is 24.3 Å². The van der Waals surface area contributed by atoms with Gasteiger partial charge in [-0.3, -0.25) is 4.79 Å². The smallest absolute Gasteiger partial charge is 0.222 e. The number of halogens is 1. The number of carbonyl (C=O) groups is 1. The molecule has 0 bridgehead atoms. The molecule has 2 aliphatic carbocycles. The maximum absolute atomic E-state index is 12.4. The van der Waals surface area contributed by atoms with Gasteiger partial charge in [-0.15, -0.1) is 0 Å². The van der Waals surface area contributed by atoms with Gasteiger partial charge in [-0.05, 0) is 31.6 Å². The molecule has 0 aromatic heterocycles. The summed E-state index contributed by atoms with van der Waals surface area (Å²) < 4.78 is 0. The molecule has 2 unspecified atom stereocenters. The van der Waals surface area contributed by atoms with Crippen molar-refractivity contribution in [2.24, 2.45) is 5.92 Å². The minimum atomic E-state index is 0.373. The van der Waals surface area contributed by atoms with Crippen LogP contribution in [0.25, 0.3) is 0 Å². The molecular weight excluding hydrogens is 290 g/mol. The van der Waals surface area contributed by atoms with Crippen molar-refractivity contribution in [3.8, 4) is 0 Å². The summed E-state index contributed by atoms with van der Waals surface area (Å²) in [4.78, 5) is 14.9. The molecule has 1 amide bonds. The number of alkyl halides is 1. The van der Waals surface area contributed by atoms with Crippen molar-refractivity contribution in [3.05, 3.63) is 0 Å². The fourth-order valence-corrected chi connectivity index (χ4v) is 4.41. The lowest BCUT2D eigenvalue weighted by Crippen LogP contribution is -2.44. The first-order valence-corrected chi connectivity index (χ1v) is 8.50. The third-order valence-corrected chi connectivity index (χ3v) is 5.79. The zero-order chi connectivity index (χ0) is 13.0. The highest BCUT2D eigenvalue weighted by atomic mass is 79.9. The topological polar surface area (TPSA) is 20.3 Å². The van der Waals surface area contributed by atoms with E-state index in [1.54, 1.807) is 0 Å². The van der Waals surface area contributed by atoms with Gasteiger partial charge >= 0.3 is 0 Å². The van der Waals surface area contributed by atoms with E-state index in [-0.39, 0.29) is 0 Å². The minimum Gasteiger partial charge on any atom is -0.342 e. The van der Waals surface area contributed by atoms with Crippen molar-refractivity contribution in [1.82, 2.24) is 4.90 Å². The Labute approximate surface area is 120 Å². The summed E-state index contributed by atoms with van der Waals surface area (Å²) in [6.45, 7) is 0. The molecule has 2 fully saturated rings. The Bertz CT molecular complexity index is 276. The summed E-state index contributed by atoms with van der Waals surface area (Å²) in [5.74, 6) is 1.03. The van der Waals surface area contributed by atoms with E-state index in [9.17, 15) is 4.79 Å². The third-order valence-electron chi connectivity index (χ3n) is 4.73. The van der Waals surface area contributed by atoms with Gasteiger partial charge in [0.1, 0.15) is 0 Å². The van der Waals surface area contributed by atoms with Crippen LogP contribution in [0.2, 0.25) is 0 Å². The van der Waals surface area contributed by atoms with Crippen LogP contribution in [0, 0.1) is 5.92 Å². The molecule has 0 radical (unpaired) electrons. The van der Waals surface area contributed by atoms with Crippen molar-refractivity contribution in [2.75, 3.05) is 7.05 Å². The molecule has 2 nitrogen and oxygen atoms in total. The maximum Gasteiger partial charge on any atom is 0.222 e. The molecule has 0 N–H and O–H groups in total. The Balaban J connectivity index is 1.83. The lowest BCUT2D eigenvalue weighted by atomic mass is 9.86. The van der Waals surface area contributed by atoms with Crippen LogP contribution in [0.15, 0.2) is 0 Å². The molecule has 2 aliphatic rings. The van der Waals surface area contributed by atoms with E-state index >= 15 is 0 Å². The maximum atomic E-state index is 12.4. The van der Waals surface area contributed by atoms with Gasteiger partial charge in [0.15, 0.2) is 0 Å². The van der Waals surface area contributed by atoms with E-state index in [0.717, 1.165) is 6.42 Å². The lowest BCUT2D eigenvalue weighted by Gasteiger charge is -2.36. The predicted octanol–water partition coefficient (Wildman–Crippen LogP) is 4.12. The van der Waals surface area contributed by atoms with Crippen LogP contribution in [-0.2, 0) is 4.79 Å². The number of nitrogens with zero attached hydrogens (tertiary/aromatic N) is 1. The summed E-state index contributed by atoms with van der Waals surface area (Å²) >= 11 is 3.75. The van der Waals surface area contributed by atoms with Crippen LogP contribution in [0.4, 0.5) is 0 Å². The molecule has 2 atom stereocenters. The van der Waals surface area contributed by atoms with Crippen molar-refractivity contribution in [1.29, 1.82) is 0 Å². The summed E-state index contributed by atoms with van der Waals surface area (Å²) in [7, 11) is 2.01. The summed E-state index contributed by atoms with van der Waals surface area (Å²) in [5.41, 5.74) is 0. The Morgan fingerprint density at radius 1 is 1.06 bits per heavy atom. The molecule has 2 saturated carbocycles. The van der Waals surface area contributed by atoms with Gasteiger partial charge in [-0.1, -0.05) is 48.0 Å². The molecule has 0 spiro atoms.